The van der Waals surface area contributed by atoms with Crippen molar-refractivity contribution < 1.29 is 18.3 Å². The Morgan fingerprint density at radius 1 is 1.29 bits per heavy atom. The van der Waals surface area contributed by atoms with Crippen LogP contribution in [0, 0.1) is 0 Å². The van der Waals surface area contributed by atoms with E-state index >= 15 is 0 Å². The van der Waals surface area contributed by atoms with Crippen molar-refractivity contribution in [3.63, 3.8) is 0 Å². The monoisotopic (exact) mass is 317 g/mol. The zero-order valence-corrected chi connectivity index (χ0v) is 11.8. The highest BCUT2D eigenvalue weighted by Crippen LogP contribution is 2.26. The van der Waals surface area contributed by atoms with E-state index < -0.39 is 13.0 Å². The van der Waals surface area contributed by atoms with Gasteiger partial charge in [0.2, 0.25) is 11.8 Å². The normalized spacial score (nSPS) is 11.5. The minimum atomic E-state index is -2.50. The van der Waals surface area contributed by atoms with Gasteiger partial charge in [0.15, 0.2) is 0 Å². The molecular formula is C13H14ClF2N3O2. The molecule has 5 nitrogen and oxygen atoms in total. The minimum Gasteiger partial charge on any atom is -0.419 e. The second-order valence-corrected chi connectivity index (χ2v) is 4.74. The number of aromatic nitrogens is 2. The summed E-state index contributed by atoms with van der Waals surface area (Å²) in [6.45, 7) is -0.543. The first-order chi connectivity index (χ1) is 10.1. The molecule has 0 unspecified atom stereocenters. The van der Waals surface area contributed by atoms with Gasteiger partial charge in [-0.25, -0.2) is 8.78 Å². The molecule has 2 aromatic rings. The smallest absolute Gasteiger partial charge is 0.251 e. The molecule has 0 fully saturated rings. The van der Waals surface area contributed by atoms with Gasteiger partial charge in [0, 0.05) is 6.54 Å². The van der Waals surface area contributed by atoms with Crippen LogP contribution in [-0.4, -0.2) is 46.3 Å². The van der Waals surface area contributed by atoms with Crippen molar-refractivity contribution in [3.8, 4) is 11.5 Å². The van der Waals surface area contributed by atoms with E-state index in [1.165, 1.54) is 4.90 Å². The molecular weight excluding hydrogens is 304 g/mol. The van der Waals surface area contributed by atoms with Gasteiger partial charge in [-0.3, -0.25) is 4.90 Å². The zero-order valence-electron chi connectivity index (χ0n) is 11.0. The highest BCUT2D eigenvalue weighted by atomic mass is 35.5. The molecule has 0 aliphatic heterocycles. The molecule has 0 aliphatic rings. The molecule has 1 N–H and O–H groups in total. The molecule has 0 spiro atoms. The Kier molecular flexibility index (Phi) is 5.60. The maximum absolute atomic E-state index is 12.4. The summed E-state index contributed by atoms with van der Waals surface area (Å²) in [4.78, 5) is 1.34. The quantitative estimate of drug-likeness (QED) is 0.850. The summed E-state index contributed by atoms with van der Waals surface area (Å²) < 4.78 is 30.3. The largest absolute Gasteiger partial charge is 0.419 e. The fourth-order valence-electron chi connectivity index (χ4n) is 1.82. The number of rotatable bonds is 7. The van der Waals surface area contributed by atoms with Gasteiger partial charge in [-0.2, -0.15) is 0 Å². The van der Waals surface area contributed by atoms with Gasteiger partial charge in [-0.05, 0) is 12.1 Å². The molecule has 0 saturated heterocycles. The van der Waals surface area contributed by atoms with Crippen LogP contribution >= 0.6 is 11.6 Å². The fourth-order valence-corrected chi connectivity index (χ4v) is 2.04. The summed E-state index contributed by atoms with van der Waals surface area (Å²) in [7, 11) is 0. The van der Waals surface area contributed by atoms with Crippen molar-refractivity contribution in [2.24, 2.45) is 0 Å². The first kappa shape index (κ1) is 15.8. The zero-order chi connectivity index (χ0) is 15.2. The highest BCUT2D eigenvalue weighted by molar-refractivity contribution is 6.33. The Morgan fingerprint density at radius 3 is 2.71 bits per heavy atom. The number of nitrogens with zero attached hydrogens (tertiary/aromatic N) is 3. The number of aliphatic hydroxyl groups excluding tert-OH is 1. The lowest BCUT2D eigenvalue weighted by Gasteiger charge is -2.18. The molecule has 1 aromatic heterocycles. The van der Waals surface area contributed by atoms with Crippen molar-refractivity contribution in [1.29, 1.82) is 0 Å². The number of benzene rings is 1. The second-order valence-electron chi connectivity index (χ2n) is 4.33. The van der Waals surface area contributed by atoms with Crippen molar-refractivity contribution in [2.45, 2.75) is 13.0 Å². The maximum atomic E-state index is 12.4. The molecule has 114 valence electrons. The standard InChI is InChI=1S/C13H14ClF2N3O2/c14-10-4-2-1-3-9(10)13-18-17-12(21-13)8-19(5-6-20)7-11(15)16/h1-4,11,20H,5-8H2. The number of hydrogen-bond acceptors (Lipinski definition) is 5. The van der Waals surface area contributed by atoms with Crippen LogP contribution in [0.25, 0.3) is 11.5 Å². The lowest BCUT2D eigenvalue weighted by molar-refractivity contribution is 0.0704. The number of halogens is 3. The molecule has 0 atom stereocenters. The molecule has 1 heterocycles. The Balaban J connectivity index is 2.10. The second kappa shape index (κ2) is 7.44. The van der Waals surface area contributed by atoms with Gasteiger partial charge in [0.05, 0.1) is 30.3 Å². The van der Waals surface area contributed by atoms with Crippen LogP contribution in [0.2, 0.25) is 5.02 Å². The Bertz CT molecular complexity index is 580. The topological polar surface area (TPSA) is 62.4 Å². The van der Waals surface area contributed by atoms with Gasteiger partial charge in [0.25, 0.3) is 6.43 Å². The van der Waals surface area contributed by atoms with E-state index in [1.54, 1.807) is 24.3 Å². The lowest BCUT2D eigenvalue weighted by atomic mass is 10.2. The summed E-state index contributed by atoms with van der Waals surface area (Å²) in [5.74, 6) is 0.426. The molecule has 1 aromatic carbocycles. The average Bonchev–Trinajstić information content (AvgIpc) is 2.87. The average molecular weight is 318 g/mol. The molecule has 21 heavy (non-hydrogen) atoms. The lowest BCUT2D eigenvalue weighted by Crippen LogP contribution is -2.31. The number of hydrogen-bond donors (Lipinski definition) is 1. The SMILES string of the molecule is OCCN(Cc1nnc(-c2ccccc2Cl)o1)CC(F)F. The first-order valence-electron chi connectivity index (χ1n) is 6.28. The van der Waals surface area contributed by atoms with Gasteiger partial charge in [-0.1, -0.05) is 23.7 Å². The van der Waals surface area contributed by atoms with Crippen LogP contribution in [0.1, 0.15) is 5.89 Å². The highest BCUT2D eigenvalue weighted by Gasteiger charge is 2.17. The van der Waals surface area contributed by atoms with E-state index in [4.69, 9.17) is 21.1 Å². The van der Waals surface area contributed by atoms with Crippen LogP contribution in [0.4, 0.5) is 8.78 Å². The third kappa shape index (κ3) is 4.45. The van der Waals surface area contributed by atoms with E-state index in [9.17, 15) is 8.78 Å². The number of aliphatic hydroxyl groups is 1. The van der Waals surface area contributed by atoms with E-state index in [-0.39, 0.29) is 31.5 Å². The Hall–Kier alpha value is -1.57. The van der Waals surface area contributed by atoms with Crippen molar-refractivity contribution >= 4 is 11.6 Å². The van der Waals surface area contributed by atoms with Crippen LogP contribution < -0.4 is 0 Å². The molecule has 0 aliphatic carbocycles. The summed E-state index contributed by atoms with van der Waals surface area (Å²) in [5, 5.41) is 17.0. The predicted molar refractivity (Wildman–Crippen MR) is 73.1 cm³/mol. The third-order valence-electron chi connectivity index (χ3n) is 2.74. The third-order valence-corrected chi connectivity index (χ3v) is 3.07. The summed E-state index contributed by atoms with van der Waals surface area (Å²) in [6.07, 6.45) is -2.50. The summed E-state index contributed by atoms with van der Waals surface area (Å²) in [6, 6.07) is 6.97. The van der Waals surface area contributed by atoms with Crippen molar-refractivity contribution in [3.05, 3.63) is 35.2 Å². The molecule has 0 bridgehead atoms. The Labute approximate surface area is 125 Å². The van der Waals surface area contributed by atoms with Gasteiger partial charge in [-0.15, -0.1) is 10.2 Å². The van der Waals surface area contributed by atoms with Gasteiger partial charge in [0.1, 0.15) is 0 Å². The first-order valence-corrected chi connectivity index (χ1v) is 6.66. The summed E-state index contributed by atoms with van der Waals surface area (Å²) >= 11 is 6.02. The van der Waals surface area contributed by atoms with Crippen LogP contribution in [0.3, 0.4) is 0 Å². The summed E-state index contributed by atoms with van der Waals surface area (Å²) in [5.41, 5.74) is 0.584. The van der Waals surface area contributed by atoms with Gasteiger partial charge < -0.3 is 9.52 Å². The van der Waals surface area contributed by atoms with E-state index in [1.807, 2.05) is 0 Å². The van der Waals surface area contributed by atoms with Crippen molar-refractivity contribution in [2.75, 3.05) is 19.7 Å². The Morgan fingerprint density at radius 2 is 2.05 bits per heavy atom. The molecule has 0 radical (unpaired) electrons. The molecule has 2 rings (SSSR count). The molecule has 0 saturated carbocycles. The molecule has 8 heteroatoms. The van der Waals surface area contributed by atoms with Crippen molar-refractivity contribution in [1.82, 2.24) is 15.1 Å². The van der Waals surface area contributed by atoms with Crippen LogP contribution in [0.5, 0.6) is 0 Å². The van der Waals surface area contributed by atoms with E-state index in [0.29, 0.717) is 10.6 Å². The van der Waals surface area contributed by atoms with Crippen LogP contribution in [-0.2, 0) is 6.54 Å². The van der Waals surface area contributed by atoms with E-state index in [0.717, 1.165) is 0 Å². The molecule has 0 amide bonds. The van der Waals surface area contributed by atoms with E-state index in [2.05, 4.69) is 10.2 Å². The van der Waals surface area contributed by atoms with Crippen LogP contribution in [0.15, 0.2) is 28.7 Å². The van der Waals surface area contributed by atoms with Gasteiger partial charge >= 0.3 is 0 Å². The maximum Gasteiger partial charge on any atom is 0.251 e. The predicted octanol–water partition coefficient (Wildman–Crippen LogP) is 2.45. The number of alkyl halides is 2. The minimum absolute atomic E-state index is 0.0440. The fraction of sp³-hybridized carbons (Fsp3) is 0.385.